The molecule has 9 heteroatoms. The third kappa shape index (κ3) is 4.46. The number of carbonyl (C=O) groups excluding carboxylic acids is 1. The normalized spacial score (nSPS) is 11.0. The Hall–Kier alpha value is -3.10. The zero-order valence-electron chi connectivity index (χ0n) is 12.9. The Balaban J connectivity index is 2.66. The molecule has 0 aliphatic carbocycles. The van der Waals surface area contributed by atoms with Crippen molar-refractivity contribution in [2.45, 2.75) is 13.3 Å². The number of halogens is 3. The predicted molar refractivity (Wildman–Crippen MR) is 81.2 cm³/mol. The summed E-state index contributed by atoms with van der Waals surface area (Å²) in [4.78, 5) is 22.3. The summed E-state index contributed by atoms with van der Waals surface area (Å²) in [7, 11) is 0. The van der Waals surface area contributed by atoms with Gasteiger partial charge in [0, 0.05) is 23.3 Å². The van der Waals surface area contributed by atoms with E-state index in [9.17, 15) is 28.1 Å². The number of nitro groups is 1. The average Bonchev–Trinajstić information content (AvgIpc) is 2.53. The van der Waals surface area contributed by atoms with E-state index < -0.39 is 23.0 Å². The van der Waals surface area contributed by atoms with Crippen LogP contribution in [0.1, 0.15) is 17.3 Å². The second kappa shape index (κ2) is 7.20. The van der Waals surface area contributed by atoms with E-state index in [1.807, 2.05) is 0 Å². The van der Waals surface area contributed by atoms with Gasteiger partial charge in [-0.05, 0) is 19.1 Å². The molecule has 0 amide bonds. The molecule has 0 atom stereocenters. The van der Waals surface area contributed by atoms with Crippen LogP contribution >= 0.6 is 0 Å². The van der Waals surface area contributed by atoms with Crippen LogP contribution in [0.15, 0.2) is 42.5 Å². The molecule has 2 rings (SSSR count). The van der Waals surface area contributed by atoms with Crippen LogP contribution in [0.3, 0.4) is 0 Å². The highest BCUT2D eigenvalue weighted by atomic mass is 19.4. The first-order valence-electron chi connectivity index (χ1n) is 7.03. The lowest BCUT2D eigenvalue weighted by Crippen LogP contribution is -2.18. The van der Waals surface area contributed by atoms with E-state index in [1.165, 1.54) is 18.2 Å². The second-order valence-corrected chi connectivity index (χ2v) is 4.75. The van der Waals surface area contributed by atoms with Gasteiger partial charge in [-0.3, -0.25) is 10.1 Å². The molecule has 0 aliphatic rings. The Morgan fingerprint density at radius 1 is 1.16 bits per heavy atom. The summed E-state index contributed by atoms with van der Waals surface area (Å²) in [6.07, 6.45) is -4.96. The van der Waals surface area contributed by atoms with Crippen molar-refractivity contribution in [3.8, 4) is 16.9 Å². The molecule has 0 aliphatic heterocycles. The van der Waals surface area contributed by atoms with E-state index in [4.69, 9.17) is 4.74 Å². The summed E-state index contributed by atoms with van der Waals surface area (Å²) in [5.74, 6) is -1.39. The van der Waals surface area contributed by atoms with Crippen molar-refractivity contribution in [2.75, 3.05) is 6.61 Å². The van der Waals surface area contributed by atoms with E-state index in [0.29, 0.717) is 0 Å². The molecule has 0 radical (unpaired) electrons. The van der Waals surface area contributed by atoms with Crippen molar-refractivity contribution in [3.63, 3.8) is 0 Å². The van der Waals surface area contributed by atoms with Gasteiger partial charge in [0.25, 0.3) is 5.69 Å². The first-order valence-corrected chi connectivity index (χ1v) is 7.03. The molecule has 0 fully saturated rings. The van der Waals surface area contributed by atoms with Crippen molar-refractivity contribution in [2.24, 2.45) is 0 Å². The smallest absolute Gasteiger partial charge is 0.462 e. The number of hydrogen-bond acceptors (Lipinski definition) is 5. The van der Waals surface area contributed by atoms with Crippen LogP contribution in [0, 0.1) is 10.1 Å². The lowest BCUT2D eigenvalue weighted by atomic mass is 9.98. The molecule has 0 N–H and O–H groups in total. The van der Waals surface area contributed by atoms with Crippen molar-refractivity contribution in [3.05, 3.63) is 58.1 Å². The Morgan fingerprint density at radius 3 is 2.44 bits per heavy atom. The summed E-state index contributed by atoms with van der Waals surface area (Å²) >= 11 is 0. The Labute approximate surface area is 139 Å². The van der Waals surface area contributed by atoms with Gasteiger partial charge in [-0.1, -0.05) is 18.2 Å². The molecule has 6 nitrogen and oxygen atoms in total. The highest BCUT2D eigenvalue weighted by Gasteiger charge is 2.33. The number of carbonyl (C=O) groups is 1. The number of esters is 1. The minimum Gasteiger partial charge on any atom is -0.462 e. The second-order valence-electron chi connectivity index (χ2n) is 4.75. The SMILES string of the molecule is CCOC(=O)c1ccc([N+](=O)[O-])cc1-c1ccccc1OC(F)(F)F. The molecule has 0 saturated heterocycles. The lowest BCUT2D eigenvalue weighted by molar-refractivity contribution is -0.384. The summed E-state index contributed by atoms with van der Waals surface area (Å²) in [5, 5.41) is 11.0. The van der Waals surface area contributed by atoms with Crippen molar-refractivity contribution < 1.29 is 32.4 Å². The zero-order valence-corrected chi connectivity index (χ0v) is 12.9. The highest BCUT2D eigenvalue weighted by molar-refractivity contribution is 5.98. The maximum absolute atomic E-state index is 12.6. The first-order chi connectivity index (χ1) is 11.7. The van der Waals surface area contributed by atoms with Gasteiger partial charge >= 0.3 is 12.3 Å². The van der Waals surface area contributed by atoms with E-state index in [1.54, 1.807) is 6.92 Å². The monoisotopic (exact) mass is 355 g/mol. The van der Waals surface area contributed by atoms with Gasteiger partial charge in [0.1, 0.15) is 5.75 Å². The standard InChI is InChI=1S/C16H12F3NO5/c1-2-24-15(21)12-8-7-10(20(22)23)9-13(12)11-5-3-4-6-14(11)25-16(17,18)19/h3-9H,2H2,1H3. The number of nitro benzene ring substituents is 1. The number of para-hydroxylation sites is 1. The summed E-state index contributed by atoms with van der Waals surface area (Å²) in [5.41, 5.74) is -0.699. The third-order valence-electron chi connectivity index (χ3n) is 3.11. The molecule has 0 heterocycles. The molecule has 132 valence electrons. The molecule has 2 aromatic carbocycles. The zero-order chi connectivity index (χ0) is 18.6. The average molecular weight is 355 g/mol. The number of non-ortho nitro benzene ring substituents is 1. The van der Waals surface area contributed by atoms with Gasteiger partial charge in [0.05, 0.1) is 17.1 Å². The maximum Gasteiger partial charge on any atom is 0.573 e. The van der Waals surface area contributed by atoms with Crippen LogP contribution < -0.4 is 4.74 Å². The van der Waals surface area contributed by atoms with Crippen molar-refractivity contribution in [1.29, 1.82) is 0 Å². The minimum absolute atomic E-state index is 0.0377. The molecule has 0 unspecified atom stereocenters. The molecular formula is C16H12F3NO5. The Bertz CT molecular complexity index is 805. The van der Waals surface area contributed by atoms with Crippen LogP contribution in [0.25, 0.3) is 11.1 Å². The quantitative estimate of drug-likeness (QED) is 0.453. The molecule has 2 aromatic rings. The number of hydrogen-bond donors (Lipinski definition) is 0. The lowest BCUT2D eigenvalue weighted by Gasteiger charge is -2.15. The molecular weight excluding hydrogens is 343 g/mol. The van der Waals surface area contributed by atoms with Gasteiger partial charge in [-0.25, -0.2) is 4.79 Å². The predicted octanol–water partition coefficient (Wildman–Crippen LogP) is 4.34. The molecule has 0 aromatic heterocycles. The highest BCUT2D eigenvalue weighted by Crippen LogP contribution is 2.37. The molecule has 0 saturated carbocycles. The van der Waals surface area contributed by atoms with Crippen molar-refractivity contribution in [1.82, 2.24) is 0 Å². The van der Waals surface area contributed by atoms with E-state index in [2.05, 4.69) is 4.74 Å². The van der Waals surface area contributed by atoms with Crippen LogP contribution in [0.4, 0.5) is 18.9 Å². The van der Waals surface area contributed by atoms with Gasteiger partial charge in [-0.2, -0.15) is 0 Å². The van der Waals surface area contributed by atoms with E-state index in [-0.39, 0.29) is 29.0 Å². The topological polar surface area (TPSA) is 78.7 Å². The maximum atomic E-state index is 12.6. The summed E-state index contributed by atoms with van der Waals surface area (Å²) < 4.78 is 46.6. The van der Waals surface area contributed by atoms with Crippen LogP contribution in [0.5, 0.6) is 5.75 Å². The van der Waals surface area contributed by atoms with Gasteiger partial charge in [0.2, 0.25) is 0 Å². The summed E-state index contributed by atoms with van der Waals surface area (Å²) in [6, 6.07) is 8.27. The van der Waals surface area contributed by atoms with Gasteiger partial charge < -0.3 is 9.47 Å². The Morgan fingerprint density at radius 2 is 1.84 bits per heavy atom. The fourth-order valence-electron chi connectivity index (χ4n) is 2.16. The van der Waals surface area contributed by atoms with E-state index in [0.717, 1.165) is 24.3 Å². The molecule has 0 spiro atoms. The van der Waals surface area contributed by atoms with Crippen LogP contribution in [-0.4, -0.2) is 23.9 Å². The van der Waals surface area contributed by atoms with Gasteiger partial charge in [0.15, 0.2) is 0 Å². The fraction of sp³-hybridized carbons (Fsp3) is 0.188. The largest absolute Gasteiger partial charge is 0.573 e. The number of rotatable bonds is 5. The third-order valence-corrected chi connectivity index (χ3v) is 3.11. The number of benzene rings is 2. The molecule has 25 heavy (non-hydrogen) atoms. The Kier molecular flexibility index (Phi) is 5.26. The van der Waals surface area contributed by atoms with Crippen LogP contribution in [0.2, 0.25) is 0 Å². The minimum atomic E-state index is -4.96. The number of alkyl halides is 3. The van der Waals surface area contributed by atoms with Gasteiger partial charge in [-0.15, -0.1) is 13.2 Å². The first kappa shape index (κ1) is 18.2. The molecule has 0 bridgehead atoms. The van der Waals surface area contributed by atoms with E-state index >= 15 is 0 Å². The van der Waals surface area contributed by atoms with Crippen molar-refractivity contribution >= 4 is 11.7 Å². The number of ether oxygens (including phenoxy) is 2. The number of nitrogens with zero attached hydrogens (tertiary/aromatic N) is 1. The fourth-order valence-corrected chi connectivity index (χ4v) is 2.16. The summed E-state index contributed by atoms with van der Waals surface area (Å²) in [6.45, 7) is 1.60. The van der Waals surface area contributed by atoms with Crippen LogP contribution in [-0.2, 0) is 4.74 Å².